The number of benzene rings is 1. The minimum absolute atomic E-state index is 0.293. The molecule has 0 saturated carbocycles. The van der Waals surface area contributed by atoms with Gasteiger partial charge in [0.25, 0.3) is 0 Å². The van der Waals surface area contributed by atoms with E-state index in [-0.39, 0.29) is 0 Å². The van der Waals surface area contributed by atoms with Crippen LogP contribution in [-0.4, -0.2) is 18.1 Å². The van der Waals surface area contributed by atoms with E-state index in [0.717, 1.165) is 5.76 Å². The summed E-state index contributed by atoms with van der Waals surface area (Å²) in [6.45, 7) is 0.539. The van der Waals surface area contributed by atoms with E-state index in [1.165, 1.54) is 0 Å². The van der Waals surface area contributed by atoms with Crippen molar-refractivity contribution in [3.63, 3.8) is 0 Å². The first-order valence-electron chi connectivity index (χ1n) is 5.24. The molecule has 1 heterocycles. The maximum absolute atomic E-state index is 11.1. The van der Waals surface area contributed by atoms with Gasteiger partial charge in [-0.1, -0.05) is 12.1 Å². The van der Waals surface area contributed by atoms with Gasteiger partial charge in [0.1, 0.15) is 5.76 Å². The number of carboxylic acids is 1. The Hall–Kier alpha value is -2.23. The van der Waals surface area contributed by atoms with Crippen molar-refractivity contribution in [2.45, 2.75) is 6.54 Å². The molecule has 0 fully saturated rings. The average Bonchev–Trinajstić information content (AvgIpc) is 2.81. The van der Waals surface area contributed by atoms with Gasteiger partial charge in [-0.3, -0.25) is 0 Å². The van der Waals surface area contributed by atoms with E-state index < -0.39 is 5.97 Å². The van der Waals surface area contributed by atoms with Crippen molar-refractivity contribution in [2.75, 3.05) is 11.9 Å². The molecule has 0 radical (unpaired) electrons. The number of carboxylic acid groups (broad SMARTS) is 1. The highest BCUT2D eigenvalue weighted by molar-refractivity contribution is 5.94. The van der Waals surface area contributed by atoms with Gasteiger partial charge >= 0.3 is 5.97 Å². The Balaban J connectivity index is 2.24. The number of rotatable bonds is 4. The molecule has 0 amide bonds. The number of hydrogen-bond acceptors (Lipinski definition) is 3. The number of hydrogen-bond donors (Lipinski definition) is 1. The topological polar surface area (TPSA) is 53.7 Å². The number of furan rings is 1. The highest BCUT2D eigenvalue weighted by Gasteiger charge is 2.13. The normalized spacial score (nSPS) is 10.2. The lowest BCUT2D eigenvalue weighted by molar-refractivity contribution is 0.0697. The van der Waals surface area contributed by atoms with Gasteiger partial charge in [0.05, 0.1) is 24.1 Å². The third kappa shape index (κ3) is 2.47. The molecular weight excluding hydrogens is 218 g/mol. The van der Waals surface area contributed by atoms with E-state index in [2.05, 4.69) is 0 Å². The minimum atomic E-state index is -0.924. The monoisotopic (exact) mass is 231 g/mol. The van der Waals surface area contributed by atoms with Gasteiger partial charge < -0.3 is 14.4 Å². The lowest BCUT2D eigenvalue weighted by Gasteiger charge is -2.19. The summed E-state index contributed by atoms with van der Waals surface area (Å²) in [5.74, 6) is -0.125. The summed E-state index contributed by atoms with van der Waals surface area (Å²) in [6, 6.07) is 10.6. The van der Waals surface area contributed by atoms with Crippen molar-refractivity contribution >= 4 is 11.7 Å². The van der Waals surface area contributed by atoms with Crippen molar-refractivity contribution in [3.8, 4) is 0 Å². The van der Waals surface area contributed by atoms with Crippen LogP contribution in [0.5, 0.6) is 0 Å². The Bertz CT molecular complexity index is 505. The molecule has 0 aliphatic heterocycles. The van der Waals surface area contributed by atoms with Gasteiger partial charge in [-0.15, -0.1) is 0 Å². The Morgan fingerprint density at radius 1 is 1.29 bits per heavy atom. The van der Waals surface area contributed by atoms with E-state index in [0.29, 0.717) is 17.8 Å². The van der Waals surface area contributed by atoms with Crippen molar-refractivity contribution < 1.29 is 14.3 Å². The number of nitrogens with zero attached hydrogens (tertiary/aromatic N) is 1. The fourth-order valence-electron chi connectivity index (χ4n) is 1.71. The molecule has 17 heavy (non-hydrogen) atoms. The molecule has 0 saturated heterocycles. The molecule has 0 unspecified atom stereocenters. The minimum Gasteiger partial charge on any atom is -0.478 e. The van der Waals surface area contributed by atoms with Crippen LogP contribution in [0.4, 0.5) is 5.69 Å². The van der Waals surface area contributed by atoms with Gasteiger partial charge in [-0.25, -0.2) is 4.79 Å². The van der Waals surface area contributed by atoms with E-state index in [1.807, 2.05) is 30.1 Å². The van der Waals surface area contributed by atoms with Gasteiger partial charge in [0.2, 0.25) is 0 Å². The van der Waals surface area contributed by atoms with Crippen LogP contribution in [0.15, 0.2) is 47.1 Å². The van der Waals surface area contributed by atoms with Crippen LogP contribution in [0.3, 0.4) is 0 Å². The van der Waals surface area contributed by atoms with Crippen LogP contribution in [0.25, 0.3) is 0 Å². The highest BCUT2D eigenvalue weighted by Crippen LogP contribution is 2.21. The summed E-state index contributed by atoms with van der Waals surface area (Å²) in [5, 5.41) is 9.09. The second kappa shape index (κ2) is 4.74. The van der Waals surface area contributed by atoms with Crippen LogP contribution in [0, 0.1) is 0 Å². The maximum Gasteiger partial charge on any atom is 0.337 e. The lowest BCUT2D eigenvalue weighted by Crippen LogP contribution is -2.18. The van der Waals surface area contributed by atoms with Gasteiger partial charge in [0.15, 0.2) is 0 Å². The van der Waals surface area contributed by atoms with E-state index in [9.17, 15) is 4.79 Å². The molecule has 0 aliphatic carbocycles. The summed E-state index contributed by atoms with van der Waals surface area (Å²) < 4.78 is 5.24. The molecule has 88 valence electrons. The fourth-order valence-corrected chi connectivity index (χ4v) is 1.71. The molecule has 2 rings (SSSR count). The second-order valence-corrected chi connectivity index (χ2v) is 3.76. The first-order valence-corrected chi connectivity index (χ1v) is 5.24. The summed E-state index contributed by atoms with van der Waals surface area (Å²) >= 11 is 0. The molecule has 1 N–H and O–H groups in total. The highest BCUT2D eigenvalue weighted by atomic mass is 16.4. The van der Waals surface area contributed by atoms with E-state index in [1.54, 1.807) is 24.5 Å². The molecule has 0 atom stereocenters. The van der Waals surface area contributed by atoms with Gasteiger partial charge in [0, 0.05) is 7.05 Å². The van der Waals surface area contributed by atoms with Crippen LogP contribution in [-0.2, 0) is 6.54 Å². The van der Waals surface area contributed by atoms with Crippen LogP contribution < -0.4 is 4.90 Å². The first kappa shape index (κ1) is 11.3. The van der Waals surface area contributed by atoms with Crippen LogP contribution in [0.2, 0.25) is 0 Å². The molecular formula is C13H13NO3. The molecule has 0 aliphatic rings. The standard InChI is InChI=1S/C13H13NO3/c1-14(9-10-5-4-8-17-10)12-7-3-2-6-11(12)13(15)16/h2-8H,9H2,1H3,(H,15,16). The van der Waals surface area contributed by atoms with Crippen molar-refractivity contribution in [1.29, 1.82) is 0 Å². The third-order valence-electron chi connectivity index (χ3n) is 2.52. The van der Waals surface area contributed by atoms with E-state index in [4.69, 9.17) is 9.52 Å². The van der Waals surface area contributed by atoms with E-state index >= 15 is 0 Å². The Labute approximate surface area is 99.1 Å². The largest absolute Gasteiger partial charge is 0.478 e. The summed E-state index contributed by atoms with van der Waals surface area (Å²) in [4.78, 5) is 12.9. The van der Waals surface area contributed by atoms with Crippen LogP contribution in [0.1, 0.15) is 16.1 Å². The quantitative estimate of drug-likeness (QED) is 0.878. The molecule has 4 nitrogen and oxygen atoms in total. The Kier molecular flexibility index (Phi) is 3.14. The van der Waals surface area contributed by atoms with Crippen molar-refractivity contribution in [3.05, 3.63) is 54.0 Å². The smallest absolute Gasteiger partial charge is 0.337 e. The number of para-hydroxylation sites is 1. The maximum atomic E-state index is 11.1. The zero-order valence-corrected chi connectivity index (χ0v) is 9.46. The predicted octanol–water partition coefficient (Wildman–Crippen LogP) is 2.61. The molecule has 1 aromatic heterocycles. The third-order valence-corrected chi connectivity index (χ3v) is 2.52. The number of carbonyl (C=O) groups is 1. The predicted molar refractivity (Wildman–Crippen MR) is 64.2 cm³/mol. The van der Waals surface area contributed by atoms with Gasteiger partial charge in [-0.2, -0.15) is 0 Å². The second-order valence-electron chi connectivity index (χ2n) is 3.76. The molecule has 1 aromatic carbocycles. The zero-order valence-electron chi connectivity index (χ0n) is 9.46. The van der Waals surface area contributed by atoms with Crippen LogP contribution >= 0.6 is 0 Å². The summed E-state index contributed by atoms with van der Waals surface area (Å²) in [5.41, 5.74) is 0.970. The molecule has 2 aromatic rings. The zero-order chi connectivity index (χ0) is 12.3. The van der Waals surface area contributed by atoms with Crippen molar-refractivity contribution in [2.24, 2.45) is 0 Å². The molecule has 0 spiro atoms. The molecule has 0 bridgehead atoms. The lowest BCUT2D eigenvalue weighted by atomic mass is 10.1. The number of aromatic carboxylic acids is 1. The molecule has 4 heteroatoms. The first-order chi connectivity index (χ1) is 8.18. The van der Waals surface area contributed by atoms with Gasteiger partial charge in [-0.05, 0) is 24.3 Å². The average molecular weight is 231 g/mol. The summed E-state index contributed by atoms with van der Waals surface area (Å²) in [6.07, 6.45) is 1.60. The SMILES string of the molecule is CN(Cc1ccco1)c1ccccc1C(=O)O. The van der Waals surface area contributed by atoms with Crippen molar-refractivity contribution in [1.82, 2.24) is 0 Å². The summed E-state index contributed by atoms with van der Waals surface area (Å²) in [7, 11) is 1.84. The fraction of sp³-hybridized carbons (Fsp3) is 0.154. The Morgan fingerprint density at radius 3 is 2.71 bits per heavy atom. The number of anilines is 1. The Morgan fingerprint density at radius 2 is 2.06 bits per heavy atom.